The highest BCUT2D eigenvalue weighted by Crippen LogP contribution is 2.27. The molecule has 6 heteroatoms. The number of nitrogens with zero attached hydrogens (tertiary/aromatic N) is 1. The number of thioether (sulfide) groups is 1. The molecule has 1 atom stereocenters. The molecule has 0 saturated heterocycles. The molecule has 0 aromatic rings. The lowest BCUT2D eigenvalue weighted by atomic mass is 10.2. The van der Waals surface area contributed by atoms with Crippen molar-refractivity contribution in [3.63, 3.8) is 0 Å². The van der Waals surface area contributed by atoms with Crippen molar-refractivity contribution in [2.75, 3.05) is 25.2 Å². The van der Waals surface area contributed by atoms with Crippen LogP contribution in [0.2, 0.25) is 0 Å². The summed E-state index contributed by atoms with van der Waals surface area (Å²) in [5, 5.41) is 0. The number of nitrogens with two attached hydrogens (primary N) is 1. The van der Waals surface area contributed by atoms with Crippen LogP contribution in [0.25, 0.3) is 0 Å². The maximum Gasteiger partial charge on any atom is 0.325 e. The van der Waals surface area contributed by atoms with Crippen molar-refractivity contribution in [1.82, 2.24) is 4.90 Å². The van der Waals surface area contributed by atoms with E-state index in [1.54, 1.807) is 23.6 Å². The third kappa shape index (κ3) is 4.86. The molecule has 0 aliphatic heterocycles. The van der Waals surface area contributed by atoms with Gasteiger partial charge in [-0.25, -0.2) is 0 Å². The van der Waals surface area contributed by atoms with E-state index in [2.05, 4.69) is 0 Å². The molecule has 1 aliphatic rings. The molecule has 0 aromatic carbocycles. The molecule has 104 valence electrons. The second-order valence-corrected chi connectivity index (χ2v) is 5.38. The van der Waals surface area contributed by atoms with E-state index in [0.29, 0.717) is 13.0 Å². The number of rotatable bonds is 8. The highest BCUT2D eigenvalue weighted by Gasteiger charge is 2.36. The average Bonchev–Trinajstić information content (AvgIpc) is 3.16. The maximum atomic E-state index is 12.2. The van der Waals surface area contributed by atoms with Gasteiger partial charge in [0.25, 0.3) is 0 Å². The maximum absolute atomic E-state index is 12.2. The Bertz CT molecular complexity index is 295. The molecule has 5 nitrogen and oxygen atoms in total. The molecule has 1 rings (SSSR count). The van der Waals surface area contributed by atoms with Gasteiger partial charge in [0.2, 0.25) is 5.91 Å². The summed E-state index contributed by atoms with van der Waals surface area (Å²) in [6, 6.07) is -0.324. The predicted octanol–water partition coefficient (Wildman–Crippen LogP) is 0.621. The van der Waals surface area contributed by atoms with Crippen molar-refractivity contribution in [1.29, 1.82) is 0 Å². The molecule has 1 aliphatic carbocycles. The number of carbonyl (C=O) groups is 2. The van der Waals surface area contributed by atoms with Crippen molar-refractivity contribution in [3.8, 4) is 0 Å². The van der Waals surface area contributed by atoms with Gasteiger partial charge in [-0.3, -0.25) is 9.59 Å². The van der Waals surface area contributed by atoms with Crippen molar-refractivity contribution in [2.45, 2.75) is 38.3 Å². The van der Waals surface area contributed by atoms with Crippen LogP contribution in [0.4, 0.5) is 0 Å². The smallest absolute Gasteiger partial charge is 0.325 e. The monoisotopic (exact) mass is 274 g/mol. The first-order valence-corrected chi connectivity index (χ1v) is 7.70. The lowest BCUT2D eigenvalue weighted by molar-refractivity contribution is -0.149. The zero-order chi connectivity index (χ0) is 13.5. The predicted molar refractivity (Wildman–Crippen MR) is 72.3 cm³/mol. The molecule has 0 heterocycles. The molecule has 1 saturated carbocycles. The minimum absolute atomic E-state index is 0.0321. The molecule has 1 fully saturated rings. The number of hydrogen-bond donors (Lipinski definition) is 1. The first-order valence-electron chi connectivity index (χ1n) is 6.30. The Labute approximate surface area is 112 Å². The van der Waals surface area contributed by atoms with Crippen molar-refractivity contribution in [3.05, 3.63) is 0 Å². The van der Waals surface area contributed by atoms with E-state index in [0.717, 1.165) is 18.6 Å². The summed E-state index contributed by atoms with van der Waals surface area (Å²) in [7, 11) is 0. The number of esters is 1. The molecular weight excluding hydrogens is 252 g/mol. The minimum Gasteiger partial charge on any atom is -0.465 e. The Kier molecular flexibility index (Phi) is 6.49. The number of hydrogen-bond acceptors (Lipinski definition) is 5. The van der Waals surface area contributed by atoms with Gasteiger partial charge in [0.1, 0.15) is 6.54 Å². The number of ether oxygens (including phenoxy) is 1. The summed E-state index contributed by atoms with van der Waals surface area (Å²) in [5.74, 6) is 0.375. The number of carbonyl (C=O) groups excluding carboxylic acids is 2. The van der Waals surface area contributed by atoms with Gasteiger partial charge >= 0.3 is 5.97 Å². The zero-order valence-electron chi connectivity index (χ0n) is 11.1. The topological polar surface area (TPSA) is 72.6 Å². The highest BCUT2D eigenvalue weighted by atomic mass is 32.2. The summed E-state index contributed by atoms with van der Waals surface area (Å²) in [6.45, 7) is 2.12. The van der Waals surface area contributed by atoms with Gasteiger partial charge in [-0.2, -0.15) is 11.8 Å². The highest BCUT2D eigenvalue weighted by molar-refractivity contribution is 7.98. The van der Waals surface area contributed by atoms with E-state index >= 15 is 0 Å². The van der Waals surface area contributed by atoms with Gasteiger partial charge in [0.05, 0.1) is 12.6 Å². The summed E-state index contributed by atoms with van der Waals surface area (Å²) < 4.78 is 4.88. The Morgan fingerprint density at radius 3 is 2.67 bits per heavy atom. The molecule has 2 N–H and O–H groups in total. The first kappa shape index (κ1) is 15.3. The van der Waals surface area contributed by atoms with E-state index in [1.807, 2.05) is 6.26 Å². The van der Waals surface area contributed by atoms with Gasteiger partial charge in [-0.1, -0.05) is 0 Å². The molecule has 18 heavy (non-hydrogen) atoms. The van der Waals surface area contributed by atoms with Crippen molar-refractivity contribution >= 4 is 23.6 Å². The molecule has 0 spiro atoms. The summed E-state index contributed by atoms with van der Waals surface area (Å²) in [6.07, 6.45) is 4.54. The zero-order valence-corrected chi connectivity index (χ0v) is 11.9. The van der Waals surface area contributed by atoms with E-state index in [-0.39, 0.29) is 24.5 Å². The third-order valence-corrected chi connectivity index (χ3v) is 3.47. The van der Waals surface area contributed by atoms with Gasteiger partial charge in [0, 0.05) is 6.04 Å². The van der Waals surface area contributed by atoms with Gasteiger partial charge in [-0.05, 0) is 38.2 Å². The van der Waals surface area contributed by atoms with Crippen LogP contribution in [0.15, 0.2) is 0 Å². The largest absolute Gasteiger partial charge is 0.465 e. The van der Waals surface area contributed by atoms with E-state index in [1.165, 1.54) is 0 Å². The number of amides is 1. The third-order valence-electron chi connectivity index (χ3n) is 2.83. The van der Waals surface area contributed by atoms with Crippen LogP contribution in [0.3, 0.4) is 0 Å². The van der Waals surface area contributed by atoms with E-state index in [4.69, 9.17) is 10.5 Å². The van der Waals surface area contributed by atoms with Gasteiger partial charge < -0.3 is 15.4 Å². The fraction of sp³-hybridized carbons (Fsp3) is 0.833. The Hall–Kier alpha value is -0.750. The summed E-state index contributed by atoms with van der Waals surface area (Å²) >= 11 is 1.66. The second kappa shape index (κ2) is 7.63. The van der Waals surface area contributed by atoms with E-state index < -0.39 is 6.04 Å². The molecular formula is C12H22N2O3S. The minimum atomic E-state index is -0.507. The molecule has 0 radical (unpaired) electrons. The quantitative estimate of drug-likeness (QED) is 0.657. The standard InChI is InChI=1S/C12H22N2O3S/c1-3-17-11(15)8-14(9-4-5-9)12(16)10(13)6-7-18-2/h9-10H,3-8,13H2,1-2H3/t10-/m1/s1. The van der Waals surface area contributed by atoms with Crippen LogP contribution in [0, 0.1) is 0 Å². The average molecular weight is 274 g/mol. The lowest BCUT2D eigenvalue weighted by Gasteiger charge is -2.24. The van der Waals surface area contributed by atoms with Gasteiger partial charge in [-0.15, -0.1) is 0 Å². The van der Waals surface area contributed by atoms with Gasteiger partial charge in [0.15, 0.2) is 0 Å². The van der Waals surface area contributed by atoms with Crippen molar-refractivity contribution < 1.29 is 14.3 Å². The van der Waals surface area contributed by atoms with Crippen LogP contribution in [0.5, 0.6) is 0 Å². The summed E-state index contributed by atoms with van der Waals surface area (Å²) in [5.41, 5.74) is 5.86. The SMILES string of the molecule is CCOC(=O)CN(C(=O)[C@H](N)CCSC)C1CC1. The Morgan fingerprint density at radius 1 is 1.50 bits per heavy atom. The van der Waals surface area contributed by atoms with Crippen LogP contribution < -0.4 is 5.73 Å². The first-order chi connectivity index (χ1) is 8.60. The van der Waals surface area contributed by atoms with Crippen LogP contribution in [-0.4, -0.2) is 54.0 Å². The fourth-order valence-corrected chi connectivity index (χ4v) is 2.19. The molecule has 0 bridgehead atoms. The molecule has 1 amide bonds. The normalized spacial score (nSPS) is 16.2. The van der Waals surface area contributed by atoms with Crippen LogP contribution in [0.1, 0.15) is 26.2 Å². The molecule has 0 aromatic heterocycles. The lowest BCUT2D eigenvalue weighted by Crippen LogP contribution is -2.47. The van der Waals surface area contributed by atoms with Crippen LogP contribution >= 0.6 is 11.8 Å². The fourth-order valence-electron chi connectivity index (χ4n) is 1.70. The second-order valence-electron chi connectivity index (χ2n) is 4.39. The van der Waals surface area contributed by atoms with Crippen LogP contribution in [-0.2, 0) is 14.3 Å². The van der Waals surface area contributed by atoms with E-state index in [9.17, 15) is 9.59 Å². The summed E-state index contributed by atoms with van der Waals surface area (Å²) in [4.78, 5) is 25.2. The Morgan fingerprint density at radius 2 is 2.17 bits per heavy atom. The van der Waals surface area contributed by atoms with Crippen molar-refractivity contribution in [2.24, 2.45) is 5.73 Å². The Balaban J connectivity index is 2.50. The molecule has 0 unspecified atom stereocenters.